The van der Waals surface area contributed by atoms with E-state index in [4.69, 9.17) is 0 Å². The van der Waals surface area contributed by atoms with Crippen LogP contribution in [-0.2, 0) is 0 Å². The van der Waals surface area contributed by atoms with Crippen LogP contribution in [0.15, 0.2) is 92.0 Å². The van der Waals surface area contributed by atoms with Gasteiger partial charge in [0.25, 0.3) is 22.2 Å². The number of pyridine rings is 2. The molecule has 0 aliphatic rings. The molecule has 0 radical (unpaired) electrons. The van der Waals surface area contributed by atoms with Gasteiger partial charge in [0.05, 0.1) is 0 Å². The summed E-state index contributed by atoms with van der Waals surface area (Å²) in [5, 5.41) is 13.4. The van der Waals surface area contributed by atoms with Gasteiger partial charge in [-0.2, -0.15) is 0 Å². The van der Waals surface area contributed by atoms with Crippen molar-refractivity contribution in [2.75, 3.05) is 0 Å². The zero-order valence-electron chi connectivity index (χ0n) is 45.5. The molecule has 0 aliphatic heterocycles. The van der Waals surface area contributed by atoms with Crippen molar-refractivity contribution >= 4 is 131 Å². The van der Waals surface area contributed by atoms with Gasteiger partial charge in [-0.05, 0) is 163 Å². The van der Waals surface area contributed by atoms with Crippen LogP contribution in [0.5, 0.6) is 0 Å². The second kappa shape index (κ2) is 22.1. The zero-order valence-corrected chi connectivity index (χ0v) is 49.8. The topological polar surface area (TPSA) is 78.1 Å². The number of aromatic nitrogens is 2. The summed E-state index contributed by atoms with van der Waals surface area (Å²) < 4.78 is 5.37. The van der Waals surface area contributed by atoms with Crippen LogP contribution >= 0.6 is 45.2 Å². The lowest BCUT2D eigenvalue weighted by Gasteiger charge is -2.28. The van der Waals surface area contributed by atoms with Gasteiger partial charge in [0.2, 0.25) is 0 Å². The fraction of sp³-hybridized carbons (Fsp3) is 0.412. The molecule has 392 valence electrons. The van der Waals surface area contributed by atoms with Gasteiger partial charge in [0, 0.05) is 73.4 Å². The van der Waals surface area contributed by atoms with E-state index in [0.717, 1.165) is 234 Å². The number of hydrogen-bond acceptors (Lipinski definition) is 4. The minimum absolute atomic E-state index is 0.198. The first-order chi connectivity index (χ1) is 36.9. The van der Waals surface area contributed by atoms with Gasteiger partial charge in [-0.3, -0.25) is 28.3 Å². The second-order valence-corrected chi connectivity index (χ2v) is 24.8. The van der Waals surface area contributed by atoms with E-state index in [1.54, 1.807) is 9.13 Å². The first-order valence-electron chi connectivity index (χ1n) is 29.0. The molecule has 0 amide bonds. The summed E-state index contributed by atoms with van der Waals surface area (Å²) in [7, 11) is 0. The van der Waals surface area contributed by atoms with Crippen LogP contribution in [0.1, 0.15) is 179 Å². The van der Waals surface area contributed by atoms with Crippen molar-refractivity contribution < 1.29 is 0 Å². The molecule has 0 unspecified atom stereocenters. The maximum Gasteiger partial charge on any atom is 0.261 e. The van der Waals surface area contributed by atoms with E-state index in [2.05, 4.69) is 160 Å². The maximum atomic E-state index is 15.9. The van der Waals surface area contributed by atoms with Crippen LogP contribution in [-0.4, -0.2) is 9.13 Å². The van der Waals surface area contributed by atoms with E-state index >= 15 is 19.2 Å². The molecule has 0 aliphatic carbocycles. The molecule has 0 saturated carbocycles. The zero-order chi connectivity index (χ0) is 53.1. The summed E-state index contributed by atoms with van der Waals surface area (Å²) in [6, 6.07) is 25.4. The molecule has 0 spiro atoms. The molecule has 8 heteroatoms. The fourth-order valence-electron chi connectivity index (χ4n) is 13.6. The predicted molar refractivity (Wildman–Crippen MR) is 342 cm³/mol. The SMILES string of the molecule is CCCCCCC(CCCCCC)n1c(=O)c2cc3c(I)c(-c4ccc(C)cc4)c4cc5c(=O)n(C(CCCCCC)CCCCCC)c(=O)c6cc7c(-c8ccc(C)cc8)c(I)c8cc(c1=O)c2c1c3c4c(c56)c7c81. The van der Waals surface area contributed by atoms with E-state index in [9.17, 15) is 0 Å². The highest BCUT2D eigenvalue weighted by Gasteiger charge is 2.34. The monoisotopic (exact) mass is 1230 g/mol. The summed E-state index contributed by atoms with van der Waals surface area (Å²) in [6.45, 7) is 13.1. The van der Waals surface area contributed by atoms with Gasteiger partial charge >= 0.3 is 0 Å². The number of nitrogens with zero attached hydrogens (tertiary/aromatic N) is 2. The molecule has 6 nitrogen and oxygen atoms in total. The van der Waals surface area contributed by atoms with E-state index < -0.39 is 0 Å². The first-order valence-corrected chi connectivity index (χ1v) is 31.2. The van der Waals surface area contributed by atoms with Gasteiger partial charge in [0.1, 0.15) is 0 Å². The Bertz CT molecular complexity index is 3880. The first kappa shape index (κ1) is 53.1. The van der Waals surface area contributed by atoms with Crippen molar-refractivity contribution in [3.63, 3.8) is 0 Å². The second-order valence-electron chi connectivity index (χ2n) is 22.7. The molecule has 11 rings (SSSR count). The van der Waals surface area contributed by atoms with Gasteiger partial charge in [-0.15, -0.1) is 0 Å². The summed E-state index contributed by atoms with van der Waals surface area (Å²) in [6.07, 6.45) is 20.3. The quantitative estimate of drug-likeness (QED) is 0.0261. The van der Waals surface area contributed by atoms with Crippen molar-refractivity contribution in [2.45, 2.75) is 182 Å². The van der Waals surface area contributed by atoms with Crippen LogP contribution in [0.3, 0.4) is 0 Å². The molecule has 0 saturated heterocycles. The Morgan fingerprint density at radius 3 is 0.908 bits per heavy atom. The Morgan fingerprint density at radius 2 is 0.618 bits per heavy atom. The van der Waals surface area contributed by atoms with Crippen molar-refractivity contribution in [3.8, 4) is 22.3 Å². The van der Waals surface area contributed by atoms with Crippen molar-refractivity contribution in [3.05, 3.63) is 132 Å². The van der Waals surface area contributed by atoms with Crippen molar-refractivity contribution in [1.82, 2.24) is 9.13 Å². The van der Waals surface area contributed by atoms with Crippen molar-refractivity contribution in [2.24, 2.45) is 0 Å². The number of aryl methyl sites for hydroxylation is 2. The third kappa shape index (κ3) is 8.76. The molecule has 76 heavy (non-hydrogen) atoms. The summed E-state index contributed by atoms with van der Waals surface area (Å²) >= 11 is 5.04. The molecule has 0 bridgehead atoms. The fourth-order valence-corrected chi connectivity index (χ4v) is 15.7. The van der Waals surface area contributed by atoms with Crippen molar-refractivity contribution in [1.29, 1.82) is 0 Å². The molecule has 0 fully saturated rings. The molecular formula is C68H72I2N2O4. The van der Waals surface area contributed by atoms with Gasteiger partial charge in [-0.1, -0.05) is 190 Å². The Balaban J connectivity index is 1.35. The smallest absolute Gasteiger partial charge is 0.261 e. The third-order valence-corrected chi connectivity index (χ3v) is 19.8. The lowest BCUT2D eigenvalue weighted by Crippen LogP contribution is -2.37. The Hall–Kier alpha value is -4.94. The predicted octanol–water partition coefficient (Wildman–Crippen LogP) is 19.3. The summed E-state index contributed by atoms with van der Waals surface area (Å²) in [5.41, 5.74) is 5.58. The Morgan fingerprint density at radius 1 is 0.342 bits per heavy atom. The van der Waals surface area contributed by atoms with Gasteiger partial charge < -0.3 is 0 Å². The number of hydrogen-bond donors (Lipinski definition) is 0. The minimum atomic E-state index is -0.214. The van der Waals surface area contributed by atoms with Gasteiger partial charge in [0.15, 0.2) is 0 Å². The molecule has 0 N–H and O–H groups in total. The largest absolute Gasteiger partial charge is 0.271 e. The van der Waals surface area contributed by atoms with Crippen LogP contribution in [0, 0.1) is 21.0 Å². The van der Waals surface area contributed by atoms with Crippen LogP contribution in [0.4, 0.5) is 0 Å². The van der Waals surface area contributed by atoms with Crippen LogP contribution < -0.4 is 22.2 Å². The standard InChI is InChI=1S/C68H72I2N2O4/c1-7-11-15-19-23-43(24-20-16-12-8-2)71-65(73)49-35-45-53(41-31-27-39(5)28-32-41)63(69)47-37-51-56-52(68(76)72(67(51)75)44(25-21-17-13-9-3)26-22-18-14-10-4)38-48-60-58-46(54(64(48)70)42-33-29-40(6)30-34-42)36-50(66(71)74)55(49)61(58)57(45)59(47)62(56)60/h27-38,43-44H,7-26H2,1-6H3. The number of halogens is 2. The summed E-state index contributed by atoms with van der Waals surface area (Å²) in [5.74, 6) is 0. The van der Waals surface area contributed by atoms with E-state index in [-0.39, 0.29) is 34.3 Å². The number of unbranched alkanes of at least 4 members (excludes halogenated alkanes) is 12. The average molecular weight is 1240 g/mol. The third-order valence-electron chi connectivity index (χ3n) is 17.5. The van der Waals surface area contributed by atoms with Crippen LogP contribution in [0.25, 0.3) is 108 Å². The highest BCUT2D eigenvalue weighted by atomic mass is 127. The number of rotatable bonds is 24. The molecule has 9 aromatic carbocycles. The highest BCUT2D eigenvalue weighted by molar-refractivity contribution is 14.1. The van der Waals surface area contributed by atoms with E-state index in [1.807, 2.05) is 0 Å². The molecule has 2 heterocycles. The molecular weight excluding hydrogens is 1160 g/mol. The highest BCUT2D eigenvalue weighted by Crippen LogP contribution is 2.56. The normalized spacial score (nSPS) is 12.7. The molecule has 0 atom stereocenters. The maximum absolute atomic E-state index is 15.9. The van der Waals surface area contributed by atoms with E-state index in [0.29, 0.717) is 21.5 Å². The van der Waals surface area contributed by atoms with Gasteiger partial charge in [-0.25, -0.2) is 0 Å². The van der Waals surface area contributed by atoms with Crippen LogP contribution in [0.2, 0.25) is 0 Å². The lowest BCUT2D eigenvalue weighted by atomic mass is 9.77. The Kier molecular flexibility index (Phi) is 15.4. The number of benzene rings is 9. The lowest BCUT2D eigenvalue weighted by molar-refractivity contribution is 0.384. The summed E-state index contributed by atoms with van der Waals surface area (Å²) in [4.78, 5) is 63.3. The molecule has 2 aromatic heterocycles. The van der Waals surface area contributed by atoms with E-state index in [1.165, 1.54) is 0 Å². The Labute approximate surface area is 473 Å². The minimum Gasteiger partial charge on any atom is -0.271 e. The molecule has 11 aromatic rings. The average Bonchev–Trinajstić information content (AvgIpc) is 3.61.